The fourth-order valence-corrected chi connectivity index (χ4v) is 2.19. The minimum atomic E-state index is -0.476. The van der Waals surface area contributed by atoms with E-state index in [1.807, 2.05) is 31.2 Å². The summed E-state index contributed by atoms with van der Waals surface area (Å²) in [4.78, 5) is 23.0. The predicted octanol–water partition coefficient (Wildman–Crippen LogP) is 0.832. The number of rotatable bonds is 4. The number of amides is 1. The van der Waals surface area contributed by atoms with Gasteiger partial charge in [0.05, 0.1) is 5.75 Å². The molecule has 0 saturated carbocycles. The van der Waals surface area contributed by atoms with Gasteiger partial charge in [0.1, 0.15) is 0 Å². The standard InChI is InChI=1S/C12H13N3O3S/c1-8-3-5-9(6-4-8)13-10(16)7-19-11-12(17)18-14-15(11)2/h3-6H,7H2,1-2H3,(H-,13,14,16,17)/p+1. The number of aromatic amines is 1. The van der Waals surface area contributed by atoms with Crippen LogP contribution >= 0.6 is 11.8 Å². The Morgan fingerprint density at radius 3 is 2.68 bits per heavy atom. The third-order valence-electron chi connectivity index (χ3n) is 2.43. The third kappa shape index (κ3) is 3.47. The molecule has 2 aromatic rings. The van der Waals surface area contributed by atoms with Gasteiger partial charge in [0, 0.05) is 5.69 Å². The van der Waals surface area contributed by atoms with Gasteiger partial charge in [-0.25, -0.2) is 4.79 Å². The molecule has 0 radical (unpaired) electrons. The van der Waals surface area contributed by atoms with Crippen LogP contribution in [0.3, 0.4) is 0 Å². The highest BCUT2D eigenvalue weighted by Crippen LogP contribution is 2.11. The number of hydrogen-bond acceptors (Lipinski definition) is 4. The first-order chi connectivity index (χ1) is 9.06. The Morgan fingerprint density at radius 2 is 2.11 bits per heavy atom. The van der Waals surface area contributed by atoms with Crippen molar-refractivity contribution in [3.8, 4) is 0 Å². The summed E-state index contributed by atoms with van der Waals surface area (Å²) < 4.78 is 6.03. The SMILES string of the molecule is Cc1ccc(NC(=O)CSc2c(=O)o[nH][n+]2C)cc1. The van der Waals surface area contributed by atoms with Crippen molar-refractivity contribution >= 4 is 23.4 Å². The average Bonchev–Trinajstić information content (AvgIpc) is 2.70. The summed E-state index contributed by atoms with van der Waals surface area (Å²) in [5.74, 6) is -0.0286. The first-order valence-electron chi connectivity index (χ1n) is 5.63. The third-order valence-corrected chi connectivity index (χ3v) is 3.55. The maximum Gasteiger partial charge on any atom is 0.441 e. The van der Waals surface area contributed by atoms with Crippen LogP contribution in [0.1, 0.15) is 5.56 Å². The molecule has 2 N–H and O–H groups in total. The molecule has 0 spiro atoms. The Labute approximate surface area is 113 Å². The molecule has 1 amide bonds. The van der Waals surface area contributed by atoms with Gasteiger partial charge in [-0.2, -0.15) is 0 Å². The number of thioether (sulfide) groups is 1. The number of aryl methyl sites for hydroxylation is 2. The molecule has 0 saturated heterocycles. The summed E-state index contributed by atoms with van der Waals surface area (Å²) >= 11 is 1.12. The van der Waals surface area contributed by atoms with E-state index < -0.39 is 5.63 Å². The van der Waals surface area contributed by atoms with Crippen LogP contribution in [0.4, 0.5) is 5.69 Å². The van der Waals surface area contributed by atoms with E-state index in [9.17, 15) is 9.59 Å². The highest BCUT2D eigenvalue weighted by molar-refractivity contribution is 7.99. The minimum Gasteiger partial charge on any atom is -0.325 e. The summed E-state index contributed by atoms with van der Waals surface area (Å²) in [6, 6.07) is 7.51. The van der Waals surface area contributed by atoms with E-state index in [1.54, 1.807) is 7.05 Å². The van der Waals surface area contributed by atoms with Crippen LogP contribution < -0.4 is 15.6 Å². The van der Waals surface area contributed by atoms with Gasteiger partial charge in [-0.3, -0.25) is 9.32 Å². The quantitative estimate of drug-likeness (QED) is 0.642. The first-order valence-corrected chi connectivity index (χ1v) is 6.61. The van der Waals surface area contributed by atoms with Gasteiger partial charge in [0.15, 0.2) is 7.05 Å². The first kappa shape index (κ1) is 13.4. The fourth-order valence-electron chi connectivity index (χ4n) is 1.46. The van der Waals surface area contributed by atoms with E-state index in [0.29, 0.717) is 5.03 Å². The molecule has 0 bridgehead atoms. The average molecular weight is 280 g/mol. The molecular formula is C12H14N3O3S+. The second-order valence-corrected chi connectivity index (χ2v) is 5.01. The predicted molar refractivity (Wildman–Crippen MR) is 71.0 cm³/mol. The Bertz CT molecular complexity index is 630. The highest BCUT2D eigenvalue weighted by Gasteiger charge is 2.19. The van der Waals surface area contributed by atoms with Gasteiger partial charge in [-0.15, -0.1) is 0 Å². The maximum absolute atomic E-state index is 11.7. The van der Waals surface area contributed by atoms with Gasteiger partial charge in [-0.1, -0.05) is 22.4 Å². The summed E-state index contributed by atoms with van der Waals surface area (Å²) in [5.41, 5.74) is 1.39. The highest BCUT2D eigenvalue weighted by atomic mass is 32.2. The number of nitrogens with one attached hydrogen (secondary N) is 2. The zero-order chi connectivity index (χ0) is 13.8. The zero-order valence-electron chi connectivity index (χ0n) is 10.6. The number of H-pyrrole nitrogens is 1. The molecule has 0 fully saturated rings. The van der Waals surface area contributed by atoms with Crippen LogP contribution in [0.25, 0.3) is 0 Å². The van der Waals surface area contributed by atoms with Crippen molar-refractivity contribution in [2.45, 2.75) is 11.9 Å². The fraction of sp³-hybridized carbons (Fsp3) is 0.250. The van der Waals surface area contributed by atoms with E-state index >= 15 is 0 Å². The van der Waals surface area contributed by atoms with Crippen molar-refractivity contribution in [3.05, 3.63) is 40.2 Å². The number of hydrogen-bond donors (Lipinski definition) is 2. The Hall–Kier alpha value is -2.02. The molecule has 1 heterocycles. The van der Waals surface area contributed by atoms with Crippen molar-refractivity contribution in [1.29, 1.82) is 0 Å². The summed E-state index contributed by atoms with van der Waals surface area (Å²) in [6.07, 6.45) is 0. The van der Waals surface area contributed by atoms with Gasteiger partial charge in [0.25, 0.3) is 0 Å². The molecule has 19 heavy (non-hydrogen) atoms. The maximum atomic E-state index is 11.7. The van der Waals surface area contributed by atoms with Crippen molar-refractivity contribution in [3.63, 3.8) is 0 Å². The van der Waals surface area contributed by atoms with Crippen molar-refractivity contribution < 1.29 is 14.0 Å². The molecule has 0 atom stereocenters. The van der Waals surface area contributed by atoms with Gasteiger partial charge < -0.3 is 5.32 Å². The minimum absolute atomic E-state index is 0.143. The smallest absolute Gasteiger partial charge is 0.325 e. The van der Waals surface area contributed by atoms with Gasteiger partial charge >= 0.3 is 10.7 Å². The largest absolute Gasteiger partial charge is 0.441 e. The van der Waals surface area contributed by atoms with Crippen LogP contribution in [0.15, 0.2) is 38.6 Å². The lowest BCUT2D eigenvalue weighted by molar-refractivity contribution is -0.772. The second-order valence-electron chi connectivity index (χ2n) is 4.05. The van der Waals surface area contributed by atoms with E-state index in [1.165, 1.54) is 4.68 Å². The van der Waals surface area contributed by atoms with Crippen LogP contribution in [0, 0.1) is 6.92 Å². The van der Waals surface area contributed by atoms with Crippen LogP contribution in [-0.2, 0) is 11.8 Å². The molecule has 0 unspecified atom stereocenters. The second kappa shape index (κ2) is 5.75. The van der Waals surface area contributed by atoms with Crippen molar-refractivity contribution in [1.82, 2.24) is 5.27 Å². The van der Waals surface area contributed by atoms with Crippen molar-refractivity contribution in [2.24, 2.45) is 7.05 Å². The Morgan fingerprint density at radius 1 is 1.42 bits per heavy atom. The van der Waals surface area contributed by atoms with Crippen LogP contribution in [0.5, 0.6) is 0 Å². The number of benzene rings is 1. The Kier molecular flexibility index (Phi) is 4.06. The van der Waals surface area contributed by atoms with Gasteiger partial charge in [-0.05, 0) is 36.1 Å². The molecule has 0 aliphatic rings. The molecule has 6 nitrogen and oxygen atoms in total. The summed E-state index contributed by atoms with van der Waals surface area (Å²) in [6.45, 7) is 1.98. The van der Waals surface area contributed by atoms with E-state index in [4.69, 9.17) is 0 Å². The molecule has 0 aliphatic carbocycles. The van der Waals surface area contributed by atoms with Crippen LogP contribution in [0.2, 0.25) is 0 Å². The van der Waals surface area contributed by atoms with Crippen molar-refractivity contribution in [2.75, 3.05) is 11.1 Å². The molecule has 0 aliphatic heterocycles. The normalized spacial score (nSPS) is 10.4. The lowest BCUT2D eigenvalue weighted by Crippen LogP contribution is -2.34. The summed E-state index contributed by atoms with van der Waals surface area (Å²) in [7, 11) is 1.64. The monoisotopic (exact) mass is 280 g/mol. The molecule has 1 aromatic heterocycles. The molecule has 100 valence electrons. The summed E-state index contributed by atoms with van der Waals surface area (Å²) in [5, 5.41) is 5.51. The molecule has 1 aromatic carbocycles. The van der Waals surface area contributed by atoms with E-state index in [-0.39, 0.29) is 11.7 Å². The molecule has 2 rings (SSSR count). The lowest BCUT2D eigenvalue weighted by atomic mass is 10.2. The van der Waals surface area contributed by atoms with E-state index in [2.05, 4.69) is 15.1 Å². The molecular weight excluding hydrogens is 266 g/mol. The number of aromatic nitrogens is 2. The molecule has 7 heteroatoms. The van der Waals surface area contributed by atoms with Crippen LogP contribution in [-0.4, -0.2) is 16.9 Å². The van der Waals surface area contributed by atoms with Gasteiger partial charge in [0.2, 0.25) is 5.91 Å². The zero-order valence-corrected chi connectivity index (χ0v) is 11.4. The number of carbonyl (C=O) groups is 1. The number of nitrogens with zero attached hydrogens (tertiary/aromatic N) is 1. The number of carbonyl (C=O) groups excluding carboxylic acids is 1. The lowest BCUT2D eigenvalue weighted by Gasteiger charge is -2.03. The Balaban J connectivity index is 1.92. The number of anilines is 1. The topological polar surface area (TPSA) is 79.0 Å². The van der Waals surface area contributed by atoms with E-state index in [0.717, 1.165) is 23.0 Å².